The molecule has 3 saturated heterocycles. The van der Waals surface area contributed by atoms with Crippen molar-refractivity contribution in [1.29, 1.82) is 0 Å². The van der Waals surface area contributed by atoms with Crippen LogP contribution < -0.4 is 10.2 Å². The summed E-state index contributed by atoms with van der Waals surface area (Å²) in [6.07, 6.45) is 1.30. The van der Waals surface area contributed by atoms with Gasteiger partial charge in [-0.25, -0.2) is 0 Å². The van der Waals surface area contributed by atoms with Crippen LogP contribution in [0, 0.1) is 5.41 Å². The number of piperidine rings is 1. The van der Waals surface area contributed by atoms with Gasteiger partial charge in [-0.15, -0.1) is 0 Å². The quantitative estimate of drug-likeness (QED) is 0.767. The lowest BCUT2D eigenvalue weighted by molar-refractivity contribution is -0.134. The number of hydrogen-bond donors (Lipinski definition) is 1. The van der Waals surface area contributed by atoms with E-state index >= 15 is 0 Å². The first-order valence-corrected chi connectivity index (χ1v) is 10.4. The second-order valence-corrected chi connectivity index (χ2v) is 8.79. The third-order valence-electron chi connectivity index (χ3n) is 6.27. The normalized spacial score (nSPS) is 22.9. The molecular formula is C23H21ClN2O4. The van der Waals surface area contributed by atoms with Gasteiger partial charge in [-0.1, -0.05) is 41.9 Å². The van der Waals surface area contributed by atoms with E-state index in [0.29, 0.717) is 44.0 Å². The van der Waals surface area contributed by atoms with E-state index in [9.17, 15) is 14.4 Å². The molecule has 3 aliphatic rings. The first-order chi connectivity index (χ1) is 14.5. The molecule has 154 valence electrons. The predicted molar refractivity (Wildman–Crippen MR) is 112 cm³/mol. The van der Waals surface area contributed by atoms with Crippen LogP contribution in [-0.2, 0) is 19.1 Å². The summed E-state index contributed by atoms with van der Waals surface area (Å²) < 4.78 is 5.32. The Balaban J connectivity index is 1.40. The summed E-state index contributed by atoms with van der Waals surface area (Å²) in [4.78, 5) is 38.0. The molecule has 1 N–H and O–H groups in total. The number of rotatable bonds is 3. The van der Waals surface area contributed by atoms with Gasteiger partial charge in [0.1, 0.15) is 0 Å². The Kier molecular flexibility index (Phi) is 4.64. The van der Waals surface area contributed by atoms with E-state index in [4.69, 9.17) is 16.3 Å². The van der Waals surface area contributed by atoms with Crippen LogP contribution in [-0.4, -0.2) is 37.5 Å². The van der Waals surface area contributed by atoms with Crippen molar-refractivity contribution in [2.45, 2.75) is 25.2 Å². The molecule has 0 aromatic heterocycles. The highest BCUT2D eigenvalue weighted by Gasteiger charge is 2.49. The van der Waals surface area contributed by atoms with Crippen molar-refractivity contribution >= 4 is 35.0 Å². The summed E-state index contributed by atoms with van der Waals surface area (Å²) in [6.45, 7) is 1.99. The van der Waals surface area contributed by atoms with Crippen LogP contribution >= 0.6 is 11.6 Å². The minimum Gasteiger partial charge on any atom is -0.380 e. The molecule has 3 aliphatic heterocycles. The average molecular weight is 425 g/mol. The molecule has 30 heavy (non-hydrogen) atoms. The van der Waals surface area contributed by atoms with Crippen LogP contribution in [0.5, 0.6) is 0 Å². The molecular weight excluding hydrogens is 404 g/mol. The number of carbonyl (C=O) groups is 3. The number of amides is 3. The zero-order chi connectivity index (χ0) is 20.9. The van der Waals surface area contributed by atoms with Crippen LogP contribution in [0.15, 0.2) is 42.5 Å². The van der Waals surface area contributed by atoms with Crippen LogP contribution in [0.4, 0.5) is 5.69 Å². The molecule has 0 aliphatic carbocycles. The number of nitrogens with one attached hydrogen (secondary N) is 1. The fourth-order valence-electron chi connectivity index (χ4n) is 4.57. The molecule has 0 radical (unpaired) electrons. The summed E-state index contributed by atoms with van der Waals surface area (Å²) in [5.74, 6) is -0.852. The molecule has 6 nitrogen and oxygen atoms in total. The molecule has 2 aromatic carbocycles. The van der Waals surface area contributed by atoms with Crippen molar-refractivity contribution < 1.29 is 19.1 Å². The van der Waals surface area contributed by atoms with Crippen LogP contribution in [0.2, 0.25) is 5.02 Å². The number of carbonyl (C=O) groups excluding carboxylic acids is 3. The van der Waals surface area contributed by atoms with Gasteiger partial charge in [-0.3, -0.25) is 19.7 Å². The van der Waals surface area contributed by atoms with Crippen molar-refractivity contribution in [1.82, 2.24) is 5.32 Å². The monoisotopic (exact) mass is 424 g/mol. The summed E-state index contributed by atoms with van der Waals surface area (Å²) >= 11 is 6.69. The molecule has 3 amide bonds. The molecule has 5 rings (SSSR count). The Labute approximate surface area is 179 Å². The van der Waals surface area contributed by atoms with Gasteiger partial charge in [-0.05, 0) is 29.7 Å². The third kappa shape index (κ3) is 3.20. The number of halogens is 1. The number of hydrogen-bond acceptors (Lipinski definition) is 4. The summed E-state index contributed by atoms with van der Waals surface area (Å²) in [6, 6.07) is 13.4. The fourth-order valence-corrected chi connectivity index (χ4v) is 4.94. The molecule has 0 saturated carbocycles. The topological polar surface area (TPSA) is 75.7 Å². The smallest absolute Gasteiger partial charge is 0.234 e. The fraction of sp³-hybridized carbons (Fsp3) is 0.348. The number of imide groups is 1. The summed E-state index contributed by atoms with van der Waals surface area (Å²) in [7, 11) is 0. The third-order valence-corrected chi connectivity index (χ3v) is 6.69. The van der Waals surface area contributed by atoms with Gasteiger partial charge in [0, 0.05) is 36.1 Å². The summed E-state index contributed by atoms with van der Waals surface area (Å²) in [5, 5.41) is 2.91. The average Bonchev–Trinajstić information content (AvgIpc) is 3.07. The predicted octanol–water partition coefficient (Wildman–Crippen LogP) is 3.28. The van der Waals surface area contributed by atoms with Gasteiger partial charge >= 0.3 is 0 Å². The van der Waals surface area contributed by atoms with Crippen molar-refractivity contribution in [3.8, 4) is 11.1 Å². The van der Waals surface area contributed by atoms with Crippen LogP contribution in [0.1, 0.15) is 30.7 Å². The van der Waals surface area contributed by atoms with E-state index in [0.717, 1.165) is 22.4 Å². The Morgan fingerprint density at radius 2 is 1.83 bits per heavy atom. The lowest BCUT2D eigenvalue weighted by Gasteiger charge is -2.36. The molecule has 0 bridgehead atoms. The molecule has 1 spiro atoms. The zero-order valence-electron chi connectivity index (χ0n) is 16.3. The highest BCUT2D eigenvalue weighted by molar-refractivity contribution is 6.34. The van der Waals surface area contributed by atoms with Crippen molar-refractivity contribution in [2.24, 2.45) is 5.41 Å². The molecule has 1 atom stereocenters. The largest absolute Gasteiger partial charge is 0.380 e. The second kappa shape index (κ2) is 7.22. The lowest BCUT2D eigenvalue weighted by atomic mass is 9.85. The number of ether oxygens (including phenoxy) is 1. The Morgan fingerprint density at radius 1 is 1.07 bits per heavy atom. The Bertz CT molecular complexity index is 1050. The summed E-state index contributed by atoms with van der Waals surface area (Å²) in [5.41, 5.74) is 3.30. The van der Waals surface area contributed by atoms with Gasteiger partial charge < -0.3 is 9.64 Å². The maximum absolute atomic E-state index is 12.5. The van der Waals surface area contributed by atoms with Gasteiger partial charge in [0.15, 0.2) is 0 Å². The number of nitrogens with zero attached hydrogens (tertiary/aromatic N) is 1. The maximum Gasteiger partial charge on any atom is 0.234 e. The molecule has 3 heterocycles. The van der Waals surface area contributed by atoms with E-state index in [1.165, 1.54) is 0 Å². The molecule has 3 fully saturated rings. The van der Waals surface area contributed by atoms with Crippen LogP contribution in [0.25, 0.3) is 11.1 Å². The van der Waals surface area contributed by atoms with E-state index in [1.54, 1.807) is 0 Å². The second-order valence-electron chi connectivity index (χ2n) is 8.41. The molecule has 7 heteroatoms. The maximum atomic E-state index is 12.5. The number of benzene rings is 2. The van der Waals surface area contributed by atoms with Crippen molar-refractivity contribution in [3.05, 3.63) is 53.1 Å². The van der Waals surface area contributed by atoms with Crippen molar-refractivity contribution in [2.75, 3.05) is 24.7 Å². The first-order valence-electron chi connectivity index (χ1n) is 10.1. The lowest BCUT2D eigenvalue weighted by Crippen LogP contribution is -2.44. The standard InChI is InChI=1S/C23H21ClN2O4/c24-21-16(2-1-3-17(21)18-8-9-19(27)25-22(18)29)14-4-6-15(7-5-14)26-11-23(10-20(26)28)12-30-13-23/h1-7,18H,8-13H2,(H,25,27,29). The van der Waals surface area contributed by atoms with Gasteiger partial charge in [0.05, 0.1) is 24.2 Å². The van der Waals surface area contributed by atoms with Gasteiger partial charge in [0.2, 0.25) is 17.7 Å². The van der Waals surface area contributed by atoms with E-state index in [2.05, 4.69) is 5.32 Å². The van der Waals surface area contributed by atoms with E-state index < -0.39 is 5.92 Å². The first kappa shape index (κ1) is 19.3. The highest BCUT2D eigenvalue weighted by Crippen LogP contribution is 2.41. The Hall–Kier alpha value is -2.70. The minimum atomic E-state index is -0.433. The molecule has 2 aromatic rings. The van der Waals surface area contributed by atoms with Crippen LogP contribution in [0.3, 0.4) is 0 Å². The van der Waals surface area contributed by atoms with E-state index in [1.807, 2.05) is 47.4 Å². The zero-order valence-corrected chi connectivity index (χ0v) is 17.1. The van der Waals surface area contributed by atoms with Gasteiger partial charge in [0.25, 0.3) is 0 Å². The van der Waals surface area contributed by atoms with E-state index in [-0.39, 0.29) is 23.1 Å². The molecule has 1 unspecified atom stereocenters. The SMILES string of the molecule is O=C1CCC(c2cccc(-c3ccc(N4CC5(COC5)CC4=O)cc3)c2Cl)C(=O)N1. The van der Waals surface area contributed by atoms with Gasteiger partial charge in [-0.2, -0.15) is 0 Å². The Morgan fingerprint density at radius 3 is 2.47 bits per heavy atom. The minimum absolute atomic E-state index is 0.0185. The number of anilines is 1. The highest BCUT2D eigenvalue weighted by atomic mass is 35.5. The van der Waals surface area contributed by atoms with Crippen molar-refractivity contribution in [3.63, 3.8) is 0 Å².